The minimum absolute atomic E-state index is 0.0952. The lowest BCUT2D eigenvalue weighted by Gasteiger charge is -2.16. The van der Waals surface area contributed by atoms with Gasteiger partial charge in [-0.3, -0.25) is 0 Å². The number of benzene rings is 1. The summed E-state index contributed by atoms with van der Waals surface area (Å²) in [6.07, 6.45) is -2.76. The van der Waals surface area contributed by atoms with Crippen molar-refractivity contribution >= 4 is 17.5 Å². The summed E-state index contributed by atoms with van der Waals surface area (Å²) < 4.78 is 41.8. The van der Waals surface area contributed by atoms with Gasteiger partial charge in [0.05, 0.1) is 18.0 Å². The van der Waals surface area contributed by atoms with E-state index in [1.807, 2.05) is 0 Å². The summed E-state index contributed by atoms with van der Waals surface area (Å²) in [7, 11) is 0. The minimum atomic E-state index is -4.79. The van der Waals surface area contributed by atoms with E-state index in [0.29, 0.717) is 17.7 Å². The van der Waals surface area contributed by atoms with Crippen LogP contribution >= 0.6 is 0 Å². The van der Waals surface area contributed by atoms with E-state index in [2.05, 4.69) is 25.3 Å². The van der Waals surface area contributed by atoms with Crippen LogP contribution in [0, 0.1) is 0 Å². The number of hydrogen-bond donors (Lipinski definition) is 3. The number of alkyl halides is 3. The first kappa shape index (κ1) is 18.2. The van der Waals surface area contributed by atoms with Crippen LogP contribution in [0.5, 0.6) is 5.75 Å². The molecule has 1 fully saturated rings. The van der Waals surface area contributed by atoms with Crippen LogP contribution in [0.15, 0.2) is 30.3 Å². The Balaban J connectivity index is 1.87. The maximum atomic E-state index is 12.6. The highest BCUT2D eigenvalue weighted by Gasteiger charge is 2.32. The van der Waals surface area contributed by atoms with Gasteiger partial charge in [-0.25, -0.2) is 4.98 Å². The zero-order chi connectivity index (χ0) is 18.7. The van der Waals surface area contributed by atoms with E-state index in [9.17, 15) is 18.3 Å². The summed E-state index contributed by atoms with van der Waals surface area (Å²) in [6.45, 7) is 1.68. The zero-order valence-electron chi connectivity index (χ0n) is 14.0. The highest BCUT2D eigenvalue weighted by Crippen LogP contribution is 2.40. The van der Waals surface area contributed by atoms with Crippen molar-refractivity contribution in [3.63, 3.8) is 0 Å². The summed E-state index contributed by atoms with van der Waals surface area (Å²) in [5.41, 5.74) is 0.954. The largest absolute Gasteiger partial charge is 0.573 e. The monoisotopic (exact) mass is 368 g/mol. The molecule has 2 aromatic rings. The van der Waals surface area contributed by atoms with Crippen LogP contribution in [0.25, 0.3) is 0 Å². The van der Waals surface area contributed by atoms with Crippen LogP contribution in [0.2, 0.25) is 0 Å². The number of anilines is 3. The third-order valence-corrected chi connectivity index (χ3v) is 3.77. The van der Waals surface area contributed by atoms with E-state index in [1.165, 1.54) is 18.2 Å². The average Bonchev–Trinajstić information content (AvgIpc) is 3.40. The molecule has 0 radical (unpaired) electrons. The zero-order valence-corrected chi connectivity index (χ0v) is 14.0. The van der Waals surface area contributed by atoms with Crippen LogP contribution in [0.3, 0.4) is 0 Å². The molecule has 1 aliphatic carbocycles. The second-order valence-electron chi connectivity index (χ2n) is 6.17. The quantitative estimate of drug-likeness (QED) is 0.690. The lowest BCUT2D eigenvalue weighted by Crippen LogP contribution is -2.21. The summed E-state index contributed by atoms with van der Waals surface area (Å²) in [5.74, 6) is 0.649. The molecule has 1 aromatic heterocycles. The molecule has 1 aliphatic rings. The van der Waals surface area contributed by atoms with E-state index < -0.39 is 6.36 Å². The molecule has 9 heteroatoms. The third-order valence-electron chi connectivity index (χ3n) is 3.77. The Hall–Kier alpha value is -2.55. The number of hydrogen-bond acceptors (Lipinski definition) is 6. The third kappa shape index (κ3) is 4.98. The molecule has 140 valence electrons. The number of rotatable bonds is 7. The van der Waals surface area contributed by atoms with Crippen molar-refractivity contribution in [3.8, 4) is 5.75 Å². The van der Waals surface area contributed by atoms with Gasteiger partial charge in [-0.05, 0) is 31.9 Å². The van der Waals surface area contributed by atoms with Gasteiger partial charge >= 0.3 is 6.36 Å². The fourth-order valence-corrected chi connectivity index (χ4v) is 2.37. The summed E-state index contributed by atoms with van der Waals surface area (Å²) in [4.78, 5) is 8.71. The number of para-hydroxylation sites is 2. The van der Waals surface area contributed by atoms with Gasteiger partial charge in [0.1, 0.15) is 5.82 Å². The second kappa shape index (κ2) is 7.36. The molecular weight excluding hydrogens is 349 g/mol. The molecular formula is C17H19F3N4O2. The first-order valence-electron chi connectivity index (χ1n) is 8.22. The van der Waals surface area contributed by atoms with E-state index in [-0.39, 0.29) is 24.1 Å². The SMILES string of the molecule is C[C@H](CO)Nc1nc(Nc2ccccc2OC(F)(F)F)cc(C2CC2)n1. The van der Waals surface area contributed by atoms with Crippen molar-refractivity contribution in [2.75, 3.05) is 17.2 Å². The summed E-state index contributed by atoms with van der Waals surface area (Å²) in [5, 5.41) is 15.0. The average molecular weight is 368 g/mol. The predicted octanol–water partition coefficient (Wildman–Crippen LogP) is 3.79. The van der Waals surface area contributed by atoms with Gasteiger partial charge in [0.15, 0.2) is 5.75 Å². The van der Waals surface area contributed by atoms with Crippen molar-refractivity contribution in [1.29, 1.82) is 0 Å². The Morgan fingerprint density at radius 3 is 2.65 bits per heavy atom. The molecule has 1 atom stereocenters. The number of ether oxygens (including phenoxy) is 1. The van der Waals surface area contributed by atoms with E-state index in [1.54, 1.807) is 19.1 Å². The molecule has 3 N–H and O–H groups in total. The first-order chi connectivity index (χ1) is 12.3. The van der Waals surface area contributed by atoms with E-state index in [4.69, 9.17) is 0 Å². The fourth-order valence-electron chi connectivity index (χ4n) is 2.37. The molecule has 1 saturated carbocycles. The summed E-state index contributed by atoms with van der Waals surface area (Å²) >= 11 is 0. The van der Waals surface area contributed by atoms with Gasteiger partial charge in [-0.15, -0.1) is 13.2 Å². The lowest BCUT2D eigenvalue weighted by atomic mass is 10.2. The standard InChI is InChI=1S/C17H19F3N4O2/c1-10(9-25)21-16-23-13(11-6-7-11)8-15(24-16)22-12-4-2-3-5-14(12)26-17(18,19)20/h2-5,8,10-11,25H,6-7,9H2,1H3,(H2,21,22,23,24)/t10-/m1/s1. The Morgan fingerprint density at radius 2 is 2.00 bits per heavy atom. The number of halogens is 3. The molecule has 26 heavy (non-hydrogen) atoms. The van der Waals surface area contributed by atoms with Crippen molar-refractivity contribution < 1.29 is 23.0 Å². The van der Waals surface area contributed by atoms with Crippen molar-refractivity contribution in [3.05, 3.63) is 36.0 Å². The smallest absolute Gasteiger partial charge is 0.404 e. The second-order valence-corrected chi connectivity index (χ2v) is 6.17. The molecule has 1 heterocycles. The Bertz CT molecular complexity index is 766. The maximum Gasteiger partial charge on any atom is 0.573 e. The van der Waals surface area contributed by atoms with Crippen LogP contribution in [-0.4, -0.2) is 34.1 Å². The Labute approximate surface area is 148 Å². The summed E-state index contributed by atoms with van der Waals surface area (Å²) in [6, 6.07) is 7.23. The fraction of sp³-hybridized carbons (Fsp3) is 0.412. The molecule has 3 rings (SSSR count). The van der Waals surface area contributed by atoms with Crippen molar-refractivity contribution in [1.82, 2.24) is 9.97 Å². The van der Waals surface area contributed by atoms with Gasteiger partial charge in [0, 0.05) is 18.0 Å². The molecule has 0 spiro atoms. The Kier molecular flexibility index (Phi) is 5.17. The molecule has 0 saturated heterocycles. The first-order valence-corrected chi connectivity index (χ1v) is 8.22. The predicted molar refractivity (Wildman–Crippen MR) is 90.6 cm³/mol. The number of nitrogens with one attached hydrogen (secondary N) is 2. The van der Waals surface area contributed by atoms with E-state index in [0.717, 1.165) is 18.5 Å². The highest BCUT2D eigenvalue weighted by molar-refractivity contribution is 5.65. The number of aliphatic hydroxyl groups excluding tert-OH is 1. The number of aromatic nitrogens is 2. The lowest BCUT2D eigenvalue weighted by molar-refractivity contribution is -0.274. The van der Waals surface area contributed by atoms with Gasteiger partial charge in [0.25, 0.3) is 0 Å². The van der Waals surface area contributed by atoms with Gasteiger partial charge in [-0.1, -0.05) is 12.1 Å². The number of nitrogens with zero attached hydrogens (tertiary/aromatic N) is 2. The molecule has 0 aliphatic heterocycles. The highest BCUT2D eigenvalue weighted by atomic mass is 19.4. The molecule has 0 bridgehead atoms. The molecule has 0 amide bonds. The molecule has 1 aromatic carbocycles. The normalized spacial score (nSPS) is 15.4. The van der Waals surface area contributed by atoms with Gasteiger partial charge < -0.3 is 20.5 Å². The maximum absolute atomic E-state index is 12.6. The Morgan fingerprint density at radius 1 is 1.27 bits per heavy atom. The van der Waals surface area contributed by atoms with Crippen LogP contribution < -0.4 is 15.4 Å². The number of aliphatic hydroxyl groups is 1. The van der Waals surface area contributed by atoms with Crippen LogP contribution in [0.1, 0.15) is 31.4 Å². The van der Waals surface area contributed by atoms with Gasteiger partial charge in [0.2, 0.25) is 5.95 Å². The van der Waals surface area contributed by atoms with Crippen LogP contribution in [-0.2, 0) is 0 Å². The van der Waals surface area contributed by atoms with Crippen LogP contribution in [0.4, 0.5) is 30.6 Å². The minimum Gasteiger partial charge on any atom is -0.404 e. The van der Waals surface area contributed by atoms with Crippen molar-refractivity contribution in [2.45, 2.75) is 38.1 Å². The molecule has 0 unspecified atom stereocenters. The van der Waals surface area contributed by atoms with Crippen molar-refractivity contribution in [2.24, 2.45) is 0 Å². The van der Waals surface area contributed by atoms with Gasteiger partial charge in [-0.2, -0.15) is 4.98 Å². The molecule has 6 nitrogen and oxygen atoms in total. The topological polar surface area (TPSA) is 79.3 Å². The van der Waals surface area contributed by atoms with E-state index >= 15 is 0 Å².